The fourth-order valence-corrected chi connectivity index (χ4v) is 3.89. The summed E-state index contributed by atoms with van der Waals surface area (Å²) < 4.78 is 0. The van der Waals surface area contributed by atoms with Crippen LogP contribution in [0, 0.1) is 0 Å². The lowest BCUT2D eigenvalue weighted by Crippen LogP contribution is -2.26. The smallest absolute Gasteiger partial charge is 0.217 e. The Labute approximate surface area is 165 Å². The third-order valence-corrected chi connectivity index (χ3v) is 5.25. The van der Waals surface area contributed by atoms with E-state index in [1.807, 2.05) is 12.4 Å². The van der Waals surface area contributed by atoms with Crippen LogP contribution in [0.25, 0.3) is 10.8 Å². The van der Waals surface area contributed by atoms with Gasteiger partial charge in [-0.1, -0.05) is 36.4 Å². The van der Waals surface area contributed by atoms with Crippen LogP contribution in [0.1, 0.15) is 24.5 Å². The van der Waals surface area contributed by atoms with Crippen LogP contribution < -0.4 is 10.6 Å². The molecule has 1 aromatic heterocycles. The average molecular weight is 374 g/mol. The molecule has 0 saturated carbocycles. The van der Waals surface area contributed by atoms with E-state index >= 15 is 0 Å². The molecule has 0 radical (unpaired) electrons. The lowest BCUT2D eigenvalue weighted by molar-refractivity contribution is -0.119. The summed E-state index contributed by atoms with van der Waals surface area (Å²) in [6.45, 7) is 5.18. The molecule has 2 aromatic carbocycles. The van der Waals surface area contributed by atoms with Gasteiger partial charge in [-0.3, -0.25) is 14.7 Å². The largest absolute Gasteiger partial charge is 0.380 e. The number of hydrogen-bond donors (Lipinski definition) is 2. The van der Waals surface area contributed by atoms with Crippen molar-refractivity contribution in [1.82, 2.24) is 15.2 Å². The molecule has 4 rings (SSSR count). The summed E-state index contributed by atoms with van der Waals surface area (Å²) in [7, 11) is 0. The third-order valence-electron chi connectivity index (χ3n) is 5.25. The van der Waals surface area contributed by atoms with Gasteiger partial charge in [-0.05, 0) is 29.7 Å². The van der Waals surface area contributed by atoms with Gasteiger partial charge < -0.3 is 10.6 Å². The van der Waals surface area contributed by atoms with Crippen molar-refractivity contribution < 1.29 is 4.79 Å². The number of nitrogens with one attached hydrogen (secondary N) is 2. The first kappa shape index (κ1) is 18.4. The molecule has 2 heterocycles. The minimum absolute atomic E-state index is 0.00285. The van der Waals surface area contributed by atoms with Crippen molar-refractivity contribution in [2.75, 3.05) is 18.4 Å². The zero-order chi connectivity index (χ0) is 19.3. The van der Waals surface area contributed by atoms with Crippen LogP contribution in [0.4, 0.5) is 5.69 Å². The van der Waals surface area contributed by atoms with Crippen LogP contribution >= 0.6 is 0 Å². The van der Waals surface area contributed by atoms with Gasteiger partial charge in [0.1, 0.15) is 0 Å². The van der Waals surface area contributed by atoms with Gasteiger partial charge in [0.15, 0.2) is 0 Å². The lowest BCUT2D eigenvalue weighted by Gasteiger charge is -2.19. The maximum atomic E-state index is 11.1. The van der Waals surface area contributed by atoms with Gasteiger partial charge in [0, 0.05) is 68.0 Å². The lowest BCUT2D eigenvalue weighted by atomic mass is 10.1. The van der Waals surface area contributed by atoms with E-state index in [-0.39, 0.29) is 5.91 Å². The van der Waals surface area contributed by atoms with Gasteiger partial charge in [-0.25, -0.2) is 0 Å². The Morgan fingerprint density at radius 1 is 1.18 bits per heavy atom. The standard InChI is InChI=1S/C23H26N4O/c1-17(28)25-13-18-4-2-5-19(12-18)15-27-11-9-21(16-27)26-23-7-3-6-20-14-24-10-8-22(20)23/h2-8,10,12,14,21,26H,9,11,13,15-16H2,1H3,(H,25,28)/t21-/m1/s1. The summed E-state index contributed by atoms with van der Waals surface area (Å²) in [4.78, 5) is 17.8. The molecule has 5 nitrogen and oxygen atoms in total. The highest BCUT2D eigenvalue weighted by molar-refractivity contribution is 5.93. The molecule has 1 amide bonds. The summed E-state index contributed by atoms with van der Waals surface area (Å²) in [6.07, 6.45) is 4.89. The van der Waals surface area contributed by atoms with Crippen molar-refractivity contribution in [3.8, 4) is 0 Å². The number of hydrogen-bond acceptors (Lipinski definition) is 4. The van der Waals surface area contributed by atoms with Crippen molar-refractivity contribution >= 4 is 22.4 Å². The first-order valence-electron chi connectivity index (χ1n) is 9.81. The van der Waals surface area contributed by atoms with Gasteiger partial charge in [-0.15, -0.1) is 0 Å². The second-order valence-corrected chi connectivity index (χ2v) is 7.50. The highest BCUT2D eigenvalue weighted by Crippen LogP contribution is 2.25. The number of likely N-dealkylation sites (tertiary alicyclic amines) is 1. The number of anilines is 1. The van der Waals surface area contributed by atoms with Crippen molar-refractivity contribution in [3.05, 3.63) is 72.1 Å². The summed E-state index contributed by atoms with van der Waals surface area (Å²) >= 11 is 0. The molecule has 28 heavy (non-hydrogen) atoms. The number of pyridine rings is 1. The molecule has 0 unspecified atom stereocenters. The minimum Gasteiger partial charge on any atom is -0.380 e. The topological polar surface area (TPSA) is 57.3 Å². The summed E-state index contributed by atoms with van der Waals surface area (Å²) in [5.74, 6) is 0.00285. The number of rotatable bonds is 6. The molecule has 2 N–H and O–H groups in total. The summed E-state index contributed by atoms with van der Waals surface area (Å²) in [5, 5.41) is 8.98. The Kier molecular flexibility index (Phi) is 5.53. The minimum atomic E-state index is 0.00285. The average Bonchev–Trinajstić information content (AvgIpc) is 3.14. The maximum absolute atomic E-state index is 11.1. The van der Waals surface area contributed by atoms with Crippen LogP contribution in [0.3, 0.4) is 0 Å². The fourth-order valence-electron chi connectivity index (χ4n) is 3.89. The van der Waals surface area contributed by atoms with E-state index in [4.69, 9.17) is 0 Å². The SMILES string of the molecule is CC(=O)NCc1cccc(CN2CC[C@@H](Nc3cccc4cnccc34)C2)c1. The summed E-state index contributed by atoms with van der Waals surface area (Å²) in [6, 6.07) is 17.3. The molecule has 1 fully saturated rings. The third kappa shape index (κ3) is 4.49. The van der Waals surface area contributed by atoms with Gasteiger partial charge in [-0.2, -0.15) is 0 Å². The summed E-state index contributed by atoms with van der Waals surface area (Å²) in [5.41, 5.74) is 3.62. The van der Waals surface area contributed by atoms with Crippen molar-refractivity contribution in [3.63, 3.8) is 0 Å². The molecule has 1 aliphatic rings. The van der Waals surface area contributed by atoms with Gasteiger partial charge in [0.2, 0.25) is 5.91 Å². The number of carbonyl (C=O) groups excluding carboxylic acids is 1. The normalized spacial score (nSPS) is 17.0. The van der Waals surface area contributed by atoms with Crippen molar-refractivity contribution in [2.24, 2.45) is 0 Å². The molecular formula is C23H26N4O. The van der Waals surface area contributed by atoms with Gasteiger partial charge >= 0.3 is 0 Å². The molecule has 1 aliphatic heterocycles. The first-order chi connectivity index (χ1) is 13.7. The number of benzene rings is 2. The van der Waals surface area contributed by atoms with Crippen LogP contribution in [0.5, 0.6) is 0 Å². The second-order valence-electron chi connectivity index (χ2n) is 7.50. The van der Waals surface area contributed by atoms with Crippen LogP contribution in [-0.4, -0.2) is 34.9 Å². The molecule has 3 aromatic rings. The molecule has 1 saturated heterocycles. The van der Waals surface area contributed by atoms with E-state index in [9.17, 15) is 4.79 Å². The van der Waals surface area contributed by atoms with Gasteiger partial charge in [0.05, 0.1) is 0 Å². The Morgan fingerprint density at radius 2 is 2.04 bits per heavy atom. The Hall–Kier alpha value is -2.92. The highest BCUT2D eigenvalue weighted by atomic mass is 16.1. The molecule has 0 aliphatic carbocycles. The molecule has 144 valence electrons. The zero-order valence-electron chi connectivity index (χ0n) is 16.2. The predicted molar refractivity (Wildman–Crippen MR) is 113 cm³/mol. The fraction of sp³-hybridized carbons (Fsp3) is 0.304. The maximum Gasteiger partial charge on any atom is 0.217 e. The van der Waals surface area contributed by atoms with Crippen LogP contribution in [0.2, 0.25) is 0 Å². The van der Waals surface area contributed by atoms with E-state index in [0.717, 1.165) is 31.6 Å². The predicted octanol–water partition coefficient (Wildman–Crippen LogP) is 3.56. The number of amides is 1. The molecule has 0 spiro atoms. The van der Waals surface area contributed by atoms with E-state index < -0.39 is 0 Å². The zero-order valence-corrected chi connectivity index (χ0v) is 16.2. The highest BCUT2D eigenvalue weighted by Gasteiger charge is 2.22. The van der Waals surface area contributed by atoms with E-state index in [0.29, 0.717) is 12.6 Å². The van der Waals surface area contributed by atoms with Crippen molar-refractivity contribution in [1.29, 1.82) is 0 Å². The van der Waals surface area contributed by atoms with E-state index in [1.54, 1.807) is 6.92 Å². The van der Waals surface area contributed by atoms with E-state index in [1.165, 1.54) is 22.0 Å². The second kappa shape index (κ2) is 8.40. The molecular weight excluding hydrogens is 348 g/mol. The number of aromatic nitrogens is 1. The van der Waals surface area contributed by atoms with Gasteiger partial charge in [0.25, 0.3) is 0 Å². The monoisotopic (exact) mass is 374 g/mol. The number of carbonyl (C=O) groups is 1. The number of nitrogens with zero attached hydrogens (tertiary/aromatic N) is 2. The molecule has 5 heteroatoms. The first-order valence-corrected chi connectivity index (χ1v) is 9.81. The number of fused-ring (bicyclic) bond motifs is 1. The Bertz CT molecular complexity index is 966. The van der Waals surface area contributed by atoms with Crippen LogP contribution in [-0.2, 0) is 17.9 Å². The molecule has 0 bridgehead atoms. The quantitative estimate of drug-likeness (QED) is 0.693. The van der Waals surface area contributed by atoms with Crippen molar-refractivity contribution in [2.45, 2.75) is 32.5 Å². The van der Waals surface area contributed by atoms with Crippen LogP contribution in [0.15, 0.2) is 60.9 Å². The Morgan fingerprint density at radius 3 is 2.93 bits per heavy atom. The van der Waals surface area contributed by atoms with E-state index in [2.05, 4.69) is 69.0 Å². The molecule has 1 atom stereocenters. The Balaban J connectivity index is 1.37.